The average Bonchev–Trinajstić information content (AvgIpc) is 2.36. The molecule has 0 radical (unpaired) electrons. The standard InChI is InChI=1S/C13H12N2O3/c1-2-18-12(16)8-7-11-13(17)15-10-6-4-3-5-9(10)14-11/h3-7H,2,8H2,1H3/b11-7+. The Labute approximate surface area is 104 Å². The van der Waals surface area contributed by atoms with Gasteiger partial charge < -0.3 is 4.74 Å². The van der Waals surface area contributed by atoms with Crippen molar-refractivity contribution in [3.8, 4) is 0 Å². The Morgan fingerprint density at radius 1 is 1.28 bits per heavy atom. The van der Waals surface area contributed by atoms with Gasteiger partial charge in [0.15, 0.2) is 0 Å². The second kappa shape index (κ2) is 5.35. The Morgan fingerprint density at radius 3 is 2.61 bits per heavy atom. The van der Waals surface area contributed by atoms with Crippen LogP contribution in [-0.4, -0.2) is 18.5 Å². The molecule has 2 rings (SSSR count). The van der Waals surface area contributed by atoms with E-state index in [1.807, 2.05) is 6.07 Å². The Balaban J connectivity index is 2.27. The van der Waals surface area contributed by atoms with E-state index in [0.717, 1.165) is 0 Å². The first kappa shape index (κ1) is 12.2. The summed E-state index contributed by atoms with van der Waals surface area (Å²) >= 11 is 0. The van der Waals surface area contributed by atoms with Gasteiger partial charge in [-0.05, 0) is 25.1 Å². The maximum Gasteiger partial charge on any atom is 0.309 e. The van der Waals surface area contributed by atoms with Crippen LogP contribution in [0.2, 0.25) is 0 Å². The minimum Gasteiger partial charge on any atom is -0.466 e. The Morgan fingerprint density at radius 2 is 1.94 bits per heavy atom. The quantitative estimate of drug-likeness (QED) is 0.567. The van der Waals surface area contributed by atoms with Gasteiger partial charge in [0.2, 0.25) is 0 Å². The fourth-order valence-electron chi connectivity index (χ4n) is 1.53. The molecule has 18 heavy (non-hydrogen) atoms. The van der Waals surface area contributed by atoms with Gasteiger partial charge in [-0.25, -0.2) is 9.98 Å². The number of para-hydroxylation sites is 2. The van der Waals surface area contributed by atoms with Crippen LogP contribution in [0.15, 0.2) is 46.0 Å². The van der Waals surface area contributed by atoms with E-state index in [-0.39, 0.29) is 18.1 Å². The largest absolute Gasteiger partial charge is 0.466 e. The van der Waals surface area contributed by atoms with Crippen LogP contribution < -0.4 is 10.7 Å². The van der Waals surface area contributed by atoms with Crippen LogP contribution in [0.3, 0.4) is 0 Å². The van der Waals surface area contributed by atoms with E-state index < -0.39 is 5.91 Å². The summed E-state index contributed by atoms with van der Waals surface area (Å²) < 4.78 is 4.77. The number of esters is 1. The molecule has 1 heterocycles. The van der Waals surface area contributed by atoms with Crippen LogP contribution in [0.4, 0.5) is 0 Å². The third-order valence-electron chi connectivity index (χ3n) is 2.33. The van der Waals surface area contributed by atoms with Crippen molar-refractivity contribution in [1.29, 1.82) is 0 Å². The van der Waals surface area contributed by atoms with E-state index in [2.05, 4.69) is 9.98 Å². The molecule has 0 bridgehead atoms. The van der Waals surface area contributed by atoms with Crippen LogP contribution in [-0.2, 0) is 14.3 Å². The lowest BCUT2D eigenvalue weighted by Crippen LogP contribution is -2.30. The molecule has 1 aliphatic rings. The molecule has 0 unspecified atom stereocenters. The van der Waals surface area contributed by atoms with Gasteiger partial charge >= 0.3 is 5.97 Å². The second-order valence-electron chi connectivity index (χ2n) is 3.62. The highest BCUT2D eigenvalue weighted by atomic mass is 16.5. The average molecular weight is 244 g/mol. The number of ether oxygens (including phenoxy) is 1. The molecule has 0 aliphatic carbocycles. The molecule has 0 saturated heterocycles. The van der Waals surface area contributed by atoms with Crippen molar-refractivity contribution < 1.29 is 14.3 Å². The van der Waals surface area contributed by atoms with Gasteiger partial charge in [0.1, 0.15) is 5.70 Å². The molecule has 0 atom stereocenters. The van der Waals surface area contributed by atoms with E-state index in [1.54, 1.807) is 25.1 Å². The van der Waals surface area contributed by atoms with Gasteiger partial charge in [0.25, 0.3) is 5.91 Å². The molecular formula is C13H12N2O3. The fourth-order valence-corrected chi connectivity index (χ4v) is 1.53. The number of benzene rings is 1. The third kappa shape index (κ3) is 2.68. The lowest BCUT2D eigenvalue weighted by Gasteiger charge is -2.02. The summed E-state index contributed by atoms with van der Waals surface area (Å²) in [5.41, 5.74) is 0.182. The molecule has 0 aromatic heterocycles. The third-order valence-corrected chi connectivity index (χ3v) is 2.33. The van der Waals surface area contributed by atoms with Gasteiger partial charge in [-0.15, -0.1) is 0 Å². The maximum atomic E-state index is 11.6. The molecule has 1 aromatic rings. The van der Waals surface area contributed by atoms with Crippen molar-refractivity contribution in [1.82, 2.24) is 0 Å². The molecule has 92 valence electrons. The molecule has 1 aliphatic heterocycles. The lowest BCUT2D eigenvalue weighted by atomic mass is 10.2. The zero-order chi connectivity index (χ0) is 13.0. The number of hydrogen-bond donors (Lipinski definition) is 0. The Kier molecular flexibility index (Phi) is 3.62. The number of amides is 1. The monoisotopic (exact) mass is 244 g/mol. The van der Waals surface area contributed by atoms with Gasteiger partial charge in [0, 0.05) is 0 Å². The first-order valence-corrected chi connectivity index (χ1v) is 5.63. The molecule has 0 N–H and O–H groups in total. The highest BCUT2D eigenvalue weighted by Crippen LogP contribution is 2.03. The fraction of sp³-hybridized carbons (Fsp3) is 0.231. The Hall–Kier alpha value is -2.30. The molecule has 0 spiro atoms. The first-order chi connectivity index (χ1) is 8.70. The molecular weight excluding hydrogens is 232 g/mol. The van der Waals surface area contributed by atoms with Crippen LogP contribution in [0.5, 0.6) is 0 Å². The van der Waals surface area contributed by atoms with Crippen LogP contribution in [0, 0.1) is 0 Å². The van der Waals surface area contributed by atoms with Crippen LogP contribution in [0.1, 0.15) is 13.3 Å². The van der Waals surface area contributed by atoms with Gasteiger partial charge in [-0.2, -0.15) is 0 Å². The van der Waals surface area contributed by atoms with Crippen molar-refractivity contribution >= 4 is 11.9 Å². The zero-order valence-electron chi connectivity index (χ0n) is 9.92. The molecule has 0 fully saturated rings. The van der Waals surface area contributed by atoms with E-state index >= 15 is 0 Å². The number of carbonyl (C=O) groups excluding carboxylic acids is 2. The highest BCUT2D eigenvalue weighted by Gasteiger charge is 2.12. The smallest absolute Gasteiger partial charge is 0.309 e. The summed E-state index contributed by atoms with van der Waals surface area (Å²) in [5.74, 6) is -0.815. The predicted molar refractivity (Wildman–Crippen MR) is 63.1 cm³/mol. The maximum absolute atomic E-state index is 11.6. The normalized spacial score (nSPS) is 15.6. The molecule has 5 heteroatoms. The lowest BCUT2D eigenvalue weighted by molar-refractivity contribution is -0.142. The molecule has 0 saturated carbocycles. The van der Waals surface area contributed by atoms with Crippen molar-refractivity contribution in [3.63, 3.8) is 0 Å². The van der Waals surface area contributed by atoms with E-state index in [9.17, 15) is 9.59 Å². The number of fused-ring (bicyclic) bond motifs is 1. The predicted octanol–water partition coefficient (Wildman–Crippen LogP) is 0.303. The molecule has 1 amide bonds. The first-order valence-electron chi connectivity index (χ1n) is 5.63. The van der Waals surface area contributed by atoms with Crippen molar-refractivity contribution in [2.75, 3.05) is 6.61 Å². The SMILES string of the molecule is CCOC(=O)C/C=C1/N=c2ccccc2=NC1=O. The Bertz CT molecular complexity index is 632. The van der Waals surface area contributed by atoms with Crippen molar-refractivity contribution in [3.05, 3.63) is 46.8 Å². The van der Waals surface area contributed by atoms with Crippen LogP contribution in [0.25, 0.3) is 0 Å². The number of nitrogens with zero attached hydrogens (tertiary/aromatic N) is 2. The number of rotatable bonds is 3. The summed E-state index contributed by atoms with van der Waals surface area (Å²) in [6.45, 7) is 2.05. The van der Waals surface area contributed by atoms with E-state index in [4.69, 9.17) is 4.74 Å². The minimum atomic E-state index is -0.432. The number of carbonyl (C=O) groups is 2. The highest BCUT2D eigenvalue weighted by molar-refractivity contribution is 5.94. The molecule has 1 aromatic carbocycles. The van der Waals surface area contributed by atoms with Gasteiger partial charge in [-0.1, -0.05) is 12.1 Å². The summed E-state index contributed by atoms with van der Waals surface area (Å²) in [7, 11) is 0. The second-order valence-corrected chi connectivity index (χ2v) is 3.62. The van der Waals surface area contributed by atoms with Gasteiger partial charge in [0.05, 0.1) is 23.7 Å². The molecule has 5 nitrogen and oxygen atoms in total. The van der Waals surface area contributed by atoms with Crippen molar-refractivity contribution in [2.24, 2.45) is 9.98 Å². The zero-order valence-corrected chi connectivity index (χ0v) is 9.92. The van der Waals surface area contributed by atoms with Gasteiger partial charge in [-0.3, -0.25) is 9.59 Å². The summed E-state index contributed by atoms with van der Waals surface area (Å²) in [4.78, 5) is 30.9. The minimum absolute atomic E-state index is 0.0239. The summed E-state index contributed by atoms with van der Waals surface area (Å²) in [5, 5.41) is 1.18. The van der Waals surface area contributed by atoms with Crippen molar-refractivity contribution in [2.45, 2.75) is 13.3 Å². The summed E-state index contributed by atoms with van der Waals surface area (Å²) in [6, 6.07) is 7.09. The van der Waals surface area contributed by atoms with E-state index in [0.29, 0.717) is 17.3 Å². The topological polar surface area (TPSA) is 68.1 Å². The van der Waals surface area contributed by atoms with Crippen LogP contribution >= 0.6 is 0 Å². The summed E-state index contributed by atoms with van der Waals surface area (Å²) in [6.07, 6.45) is 1.47. The number of hydrogen-bond acceptors (Lipinski definition) is 4. The van der Waals surface area contributed by atoms with E-state index in [1.165, 1.54) is 6.08 Å².